The third kappa shape index (κ3) is 22.1. The van der Waals surface area contributed by atoms with Gasteiger partial charge >= 0.3 is 5.97 Å². The number of hydrogen-bond donors (Lipinski definition) is 1. The average Bonchev–Trinajstić information content (AvgIpc) is 3.74. The highest BCUT2D eigenvalue weighted by Gasteiger charge is 2.45. The molecule has 0 fully saturated rings. The molecule has 0 saturated heterocycles. The Labute approximate surface area is 446 Å². The number of aryl methyl sites for hydroxylation is 1. The molecule has 18 nitrogen and oxygen atoms in total. The Kier molecular flexibility index (Phi) is 30.1. The number of allylic oxidation sites excluding steroid dienone is 6. The molecule has 2 heterocycles. The van der Waals surface area contributed by atoms with Crippen molar-refractivity contribution in [1.29, 1.82) is 0 Å². The highest BCUT2D eigenvalue weighted by atomic mass is 32.2. The van der Waals surface area contributed by atoms with Crippen molar-refractivity contribution in [3.8, 4) is 0 Å². The molecule has 422 valence electrons. The van der Waals surface area contributed by atoms with E-state index in [1.807, 2.05) is 25.2 Å². The topological polar surface area (TPSA) is 202 Å². The van der Waals surface area contributed by atoms with Gasteiger partial charge in [-0.3, -0.25) is 4.79 Å². The summed E-state index contributed by atoms with van der Waals surface area (Å²) in [5.41, 5.74) is 6.49. The van der Waals surface area contributed by atoms with Crippen LogP contribution in [0, 0.1) is 6.92 Å². The quantitative estimate of drug-likeness (QED) is 0.0310. The van der Waals surface area contributed by atoms with Crippen molar-refractivity contribution >= 4 is 33.2 Å². The van der Waals surface area contributed by atoms with Gasteiger partial charge in [-0.2, -0.15) is 4.58 Å². The molecule has 1 N–H and O–H groups in total. The lowest BCUT2D eigenvalue weighted by Crippen LogP contribution is -2.30. The molecule has 0 aromatic heterocycles. The van der Waals surface area contributed by atoms with Gasteiger partial charge in [0.05, 0.1) is 142 Å². The van der Waals surface area contributed by atoms with Gasteiger partial charge < -0.3 is 66.7 Å². The molecule has 0 saturated carbocycles. The summed E-state index contributed by atoms with van der Waals surface area (Å²) in [5.74, 6) is -0.766. The van der Waals surface area contributed by atoms with Crippen molar-refractivity contribution in [3.63, 3.8) is 0 Å². The van der Waals surface area contributed by atoms with Crippen LogP contribution in [0.2, 0.25) is 0 Å². The second-order valence-electron chi connectivity index (χ2n) is 18.8. The van der Waals surface area contributed by atoms with Crippen LogP contribution in [0.15, 0.2) is 77.4 Å². The fourth-order valence-electron chi connectivity index (χ4n) is 8.90. The smallest absolute Gasteiger partial charge is 0.303 e. The van der Waals surface area contributed by atoms with Crippen LogP contribution in [-0.4, -0.2) is 193 Å². The molecular formula is C56H86N2O16S. The van der Waals surface area contributed by atoms with E-state index >= 15 is 0 Å². The van der Waals surface area contributed by atoms with Gasteiger partial charge in [0.1, 0.15) is 16.7 Å². The maximum absolute atomic E-state index is 12.2. The number of likely N-dealkylation sites (N-methyl/N-ethyl adjacent to an activating group) is 1. The number of aliphatic carboxylic acids is 1. The first-order valence-electron chi connectivity index (χ1n) is 26.4. The van der Waals surface area contributed by atoms with Gasteiger partial charge in [0.2, 0.25) is 5.69 Å². The standard InChI is InChI=1S/C56H86N2O16S/c1-7-57-51-20-18-47(75(61,62)63)45-49(51)56(5,53(57)15-11-8-10-14-52-55(3,4)48-44-46(2)17-19-50(48)58(52)22-13-9-12-16-54(59)60)21-23-65-26-27-67-30-31-69-34-35-71-38-39-73-42-43-74-41-40-72-37-36-70-33-32-68-29-28-66-25-24-64-6/h8,10-11,14-15,17-20,44-45H,7,9,12-13,16,21-43H2,1-6H3,(H-,59,60,61,62,63). The van der Waals surface area contributed by atoms with E-state index < -0.39 is 21.5 Å². The van der Waals surface area contributed by atoms with Crippen molar-refractivity contribution in [2.24, 2.45) is 0 Å². The summed E-state index contributed by atoms with van der Waals surface area (Å²) in [4.78, 5) is 13.0. The summed E-state index contributed by atoms with van der Waals surface area (Å²) in [6, 6.07) is 11.2. The molecular weight excluding hydrogens is 989 g/mol. The number of fused-ring (bicyclic) bond motifs is 2. The predicted octanol–water partition coefficient (Wildman–Crippen LogP) is 6.92. The van der Waals surface area contributed by atoms with Gasteiger partial charge in [0.25, 0.3) is 0 Å². The number of anilines is 1. The van der Waals surface area contributed by atoms with Gasteiger partial charge in [0.15, 0.2) is 5.71 Å². The Morgan fingerprint density at radius 3 is 1.60 bits per heavy atom. The van der Waals surface area contributed by atoms with Crippen LogP contribution < -0.4 is 4.90 Å². The summed E-state index contributed by atoms with van der Waals surface area (Å²) in [5, 5.41) is 9.12. The highest BCUT2D eigenvalue weighted by molar-refractivity contribution is 7.85. The fourth-order valence-corrected chi connectivity index (χ4v) is 9.40. The van der Waals surface area contributed by atoms with E-state index in [2.05, 4.69) is 67.5 Å². The molecule has 2 aromatic carbocycles. The molecule has 1 unspecified atom stereocenters. The molecule has 19 heteroatoms. The van der Waals surface area contributed by atoms with Crippen LogP contribution in [0.1, 0.15) is 76.5 Å². The van der Waals surface area contributed by atoms with Gasteiger partial charge in [-0.15, -0.1) is 0 Å². The summed E-state index contributed by atoms with van der Waals surface area (Å²) in [6.45, 7) is 21.9. The number of carbonyl (C=O) groups is 1. The lowest BCUT2D eigenvalue weighted by Gasteiger charge is -2.30. The van der Waals surface area contributed by atoms with E-state index in [4.69, 9.17) is 57.2 Å². The first-order valence-corrected chi connectivity index (χ1v) is 27.8. The lowest BCUT2D eigenvalue weighted by molar-refractivity contribution is -0.438. The van der Waals surface area contributed by atoms with E-state index in [1.165, 1.54) is 34.7 Å². The number of hydrogen-bond acceptors (Lipinski definition) is 16. The molecule has 2 aliphatic rings. The molecule has 1 atom stereocenters. The number of ether oxygens (including phenoxy) is 11. The summed E-state index contributed by atoms with van der Waals surface area (Å²) >= 11 is 0. The van der Waals surface area contributed by atoms with Crippen LogP contribution in [-0.2, 0) is 77.8 Å². The second kappa shape index (κ2) is 35.5. The predicted molar refractivity (Wildman–Crippen MR) is 286 cm³/mol. The minimum Gasteiger partial charge on any atom is -0.744 e. The summed E-state index contributed by atoms with van der Waals surface area (Å²) < 4.78 is 99.7. The third-order valence-electron chi connectivity index (χ3n) is 12.9. The molecule has 0 spiro atoms. The average molecular weight is 1080 g/mol. The molecule has 0 amide bonds. The van der Waals surface area contributed by atoms with Gasteiger partial charge in [-0.1, -0.05) is 29.9 Å². The lowest BCUT2D eigenvalue weighted by atomic mass is 9.78. The fraction of sp³-hybridized carbons (Fsp3) is 0.643. The molecule has 2 aromatic rings. The highest BCUT2D eigenvalue weighted by Crippen LogP contribution is 2.50. The van der Waals surface area contributed by atoms with E-state index in [0.717, 1.165) is 36.3 Å². The van der Waals surface area contributed by atoms with Crippen molar-refractivity contribution < 1.29 is 79.6 Å². The number of carboxylic acid groups (broad SMARTS) is 1. The van der Waals surface area contributed by atoms with Crippen molar-refractivity contribution in [3.05, 3.63) is 89.2 Å². The summed E-state index contributed by atoms with van der Waals surface area (Å²) in [6.07, 6.45) is 13.3. The monoisotopic (exact) mass is 1070 g/mol. The molecule has 75 heavy (non-hydrogen) atoms. The van der Waals surface area contributed by atoms with E-state index in [1.54, 1.807) is 13.2 Å². The SMILES string of the molecule is CCN1C(=CC=CC=CC2=[N+](CCCCCC(=O)O)c3ccc(C)cc3C2(C)C)C(C)(CCOCCOCCOCCOCCOCCOCCOCCOCCOCCOCCOC)c2cc(S(=O)(=O)[O-])ccc21. The zero-order valence-electron chi connectivity index (χ0n) is 45.5. The number of unbranched alkanes of at least 4 members (excludes halogenated alkanes) is 2. The Morgan fingerprint density at radius 1 is 0.640 bits per heavy atom. The maximum atomic E-state index is 12.2. The minimum absolute atomic E-state index is 0.176. The minimum atomic E-state index is -4.68. The Balaban J connectivity index is 1.12. The van der Waals surface area contributed by atoms with E-state index in [0.29, 0.717) is 158 Å². The molecule has 0 radical (unpaired) electrons. The van der Waals surface area contributed by atoms with Crippen molar-refractivity contribution in [2.75, 3.05) is 164 Å². The van der Waals surface area contributed by atoms with E-state index in [9.17, 15) is 17.8 Å². The first-order chi connectivity index (χ1) is 36.3. The van der Waals surface area contributed by atoms with Crippen LogP contribution in [0.3, 0.4) is 0 Å². The Morgan fingerprint density at radius 2 is 1.13 bits per heavy atom. The van der Waals surface area contributed by atoms with Crippen molar-refractivity contribution in [2.45, 2.75) is 82.4 Å². The Hall–Kier alpha value is -3.93. The van der Waals surface area contributed by atoms with Gasteiger partial charge in [0, 0.05) is 67.6 Å². The first kappa shape index (κ1) is 63.6. The Bertz CT molecular complexity index is 2210. The third-order valence-corrected chi connectivity index (χ3v) is 13.7. The van der Waals surface area contributed by atoms with Crippen molar-refractivity contribution in [1.82, 2.24) is 0 Å². The normalized spacial score (nSPS) is 16.9. The number of nitrogens with zero attached hydrogens (tertiary/aromatic N) is 2. The zero-order valence-corrected chi connectivity index (χ0v) is 46.3. The number of carboxylic acids is 1. The largest absolute Gasteiger partial charge is 0.744 e. The number of methoxy groups -OCH3 is 1. The van der Waals surface area contributed by atoms with Gasteiger partial charge in [-0.25, -0.2) is 8.42 Å². The molecule has 0 aliphatic carbocycles. The number of rotatable bonds is 44. The maximum Gasteiger partial charge on any atom is 0.303 e. The zero-order chi connectivity index (χ0) is 54.2. The second-order valence-corrected chi connectivity index (χ2v) is 20.1. The van der Waals surface area contributed by atoms with Crippen LogP contribution in [0.4, 0.5) is 11.4 Å². The van der Waals surface area contributed by atoms with Gasteiger partial charge in [-0.05, 0) is 89.8 Å². The molecule has 0 bridgehead atoms. The van der Waals surface area contributed by atoms with E-state index in [-0.39, 0.29) is 16.7 Å². The van der Waals surface area contributed by atoms with Crippen LogP contribution in [0.25, 0.3) is 0 Å². The summed E-state index contributed by atoms with van der Waals surface area (Å²) in [7, 11) is -3.04. The van der Waals surface area contributed by atoms with Crippen LogP contribution in [0.5, 0.6) is 0 Å². The number of benzene rings is 2. The molecule has 4 rings (SSSR count). The van der Waals surface area contributed by atoms with Crippen LogP contribution >= 0.6 is 0 Å². The molecule has 2 aliphatic heterocycles.